The average molecular weight is 264 g/mol. The summed E-state index contributed by atoms with van der Waals surface area (Å²) < 4.78 is 0. The van der Waals surface area contributed by atoms with Gasteiger partial charge in [-0.25, -0.2) is 4.98 Å². The van der Waals surface area contributed by atoms with Gasteiger partial charge in [0.25, 0.3) is 5.56 Å². The predicted octanol–water partition coefficient (Wildman–Crippen LogP) is -0.194. The largest absolute Gasteiger partial charge is 0.409 e. The summed E-state index contributed by atoms with van der Waals surface area (Å²) in [6.07, 6.45) is 2.79. The molecule has 0 aromatic carbocycles. The molecular weight excluding hydrogens is 256 g/mol. The lowest BCUT2D eigenvalue weighted by Gasteiger charge is -2.04. The molecule has 92 valence electrons. The number of amidine groups is 1. The lowest BCUT2D eigenvalue weighted by molar-refractivity contribution is 0.318. The maximum atomic E-state index is 11.1. The Bertz CT molecular complexity index is 641. The first-order valence-corrected chi connectivity index (χ1v) is 5.55. The SMILES string of the molecule is N/C(=N/O)c1ccnnc1Sc1nccc(=O)[nH]1. The van der Waals surface area contributed by atoms with Gasteiger partial charge in [0.2, 0.25) is 0 Å². The van der Waals surface area contributed by atoms with Crippen LogP contribution in [0.5, 0.6) is 0 Å². The first-order valence-electron chi connectivity index (χ1n) is 4.73. The second kappa shape index (κ2) is 5.27. The van der Waals surface area contributed by atoms with Crippen molar-refractivity contribution < 1.29 is 5.21 Å². The number of hydrogen-bond acceptors (Lipinski definition) is 7. The van der Waals surface area contributed by atoms with Gasteiger partial charge >= 0.3 is 0 Å². The third-order valence-corrected chi connectivity index (χ3v) is 2.81. The summed E-state index contributed by atoms with van der Waals surface area (Å²) in [5.41, 5.74) is 5.64. The van der Waals surface area contributed by atoms with Crippen molar-refractivity contribution in [1.82, 2.24) is 20.2 Å². The topological polar surface area (TPSA) is 130 Å². The molecule has 2 aromatic rings. The van der Waals surface area contributed by atoms with E-state index in [0.29, 0.717) is 15.7 Å². The molecule has 18 heavy (non-hydrogen) atoms. The summed E-state index contributed by atoms with van der Waals surface area (Å²) in [5, 5.41) is 19.8. The molecular formula is C9H8N6O2S. The number of H-pyrrole nitrogens is 1. The molecule has 0 aliphatic rings. The molecule has 0 spiro atoms. The van der Waals surface area contributed by atoms with E-state index in [0.717, 1.165) is 11.8 Å². The molecule has 2 aromatic heterocycles. The number of aromatic nitrogens is 4. The van der Waals surface area contributed by atoms with E-state index in [1.807, 2.05) is 0 Å². The molecule has 2 heterocycles. The fourth-order valence-electron chi connectivity index (χ4n) is 1.14. The number of nitrogens with two attached hydrogens (primary N) is 1. The molecule has 0 aliphatic heterocycles. The average Bonchev–Trinajstić information content (AvgIpc) is 2.38. The number of oxime groups is 1. The van der Waals surface area contributed by atoms with Crippen LogP contribution in [0, 0.1) is 0 Å². The number of aromatic amines is 1. The number of nitrogens with one attached hydrogen (secondary N) is 1. The summed E-state index contributed by atoms with van der Waals surface area (Å²) in [4.78, 5) is 17.6. The zero-order valence-electron chi connectivity index (χ0n) is 8.94. The van der Waals surface area contributed by atoms with Crippen molar-refractivity contribution in [1.29, 1.82) is 0 Å². The molecule has 8 nitrogen and oxygen atoms in total. The van der Waals surface area contributed by atoms with Crippen molar-refractivity contribution in [3.05, 3.63) is 40.4 Å². The highest BCUT2D eigenvalue weighted by atomic mass is 32.2. The van der Waals surface area contributed by atoms with Crippen molar-refractivity contribution in [2.45, 2.75) is 10.2 Å². The Morgan fingerprint density at radius 1 is 1.44 bits per heavy atom. The van der Waals surface area contributed by atoms with Gasteiger partial charge in [0.15, 0.2) is 11.0 Å². The summed E-state index contributed by atoms with van der Waals surface area (Å²) in [6.45, 7) is 0. The van der Waals surface area contributed by atoms with Crippen molar-refractivity contribution in [2.75, 3.05) is 0 Å². The molecule has 0 saturated heterocycles. The summed E-state index contributed by atoms with van der Waals surface area (Å²) >= 11 is 1.06. The van der Waals surface area contributed by atoms with Gasteiger partial charge in [-0.05, 0) is 17.8 Å². The number of hydrogen-bond donors (Lipinski definition) is 3. The Balaban J connectivity index is 2.38. The van der Waals surface area contributed by atoms with E-state index in [9.17, 15) is 4.79 Å². The van der Waals surface area contributed by atoms with Crippen LogP contribution in [0.2, 0.25) is 0 Å². The standard InChI is InChI=1S/C9H8N6O2S/c10-7(15-17)5-1-4-12-14-8(5)18-9-11-3-2-6(16)13-9/h1-4,17H,(H2,10,15)(H,11,13,16). The minimum atomic E-state index is -0.276. The Morgan fingerprint density at radius 2 is 2.28 bits per heavy atom. The zero-order valence-corrected chi connectivity index (χ0v) is 9.76. The molecule has 0 bridgehead atoms. The van der Waals surface area contributed by atoms with Gasteiger partial charge in [0, 0.05) is 12.3 Å². The van der Waals surface area contributed by atoms with Crippen LogP contribution in [0.15, 0.2) is 44.7 Å². The molecule has 4 N–H and O–H groups in total. The second-order valence-corrected chi connectivity index (χ2v) is 4.05. The third-order valence-electron chi connectivity index (χ3n) is 1.91. The molecule has 0 atom stereocenters. The molecule has 9 heteroatoms. The molecule has 0 fully saturated rings. The van der Waals surface area contributed by atoms with Crippen LogP contribution in [0.3, 0.4) is 0 Å². The lowest BCUT2D eigenvalue weighted by Crippen LogP contribution is -2.15. The van der Waals surface area contributed by atoms with Crippen molar-refractivity contribution in [3.8, 4) is 0 Å². The second-order valence-electron chi connectivity index (χ2n) is 3.08. The number of rotatable bonds is 3. The minimum absolute atomic E-state index is 0.0920. The molecule has 0 unspecified atom stereocenters. The van der Waals surface area contributed by atoms with E-state index in [-0.39, 0.29) is 11.4 Å². The predicted molar refractivity (Wildman–Crippen MR) is 63.5 cm³/mol. The maximum Gasteiger partial charge on any atom is 0.251 e. The highest BCUT2D eigenvalue weighted by Crippen LogP contribution is 2.23. The van der Waals surface area contributed by atoms with Crippen LogP contribution in [0.1, 0.15) is 5.56 Å². The normalized spacial score (nSPS) is 11.4. The van der Waals surface area contributed by atoms with Crippen LogP contribution in [-0.2, 0) is 0 Å². The monoisotopic (exact) mass is 264 g/mol. The van der Waals surface area contributed by atoms with E-state index in [4.69, 9.17) is 10.9 Å². The Hall–Kier alpha value is -2.42. The maximum absolute atomic E-state index is 11.1. The summed E-state index contributed by atoms with van der Waals surface area (Å²) in [5.74, 6) is -0.0920. The molecule has 0 radical (unpaired) electrons. The van der Waals surface area contributed by atoms with E-state index in [2.05, 4.69) is 25.3 Å². The lowest BCUT2D eigenvalue weighted by atomic mass is 10.3. The van der Waals surface area contributed by atoms with Crippen LogP contribution >= 0.6 is 11.8 Å². The van der Waals surface area contributed by atoms with E-state index in [1.165, 1.54) is 18.5 Å². The Labute approximate surface area is 105 Å². The third kappa shape index (κ3) is 2.63. The fraction of sp³-hybridized carbons (Fsp3) is 0. The van der Waals surface area contributed by atoms with E-state index < -0.39 is 0 Å². The molecule has 0 saturated carbocycles. The van der Waals surface area contributed by atoms with Gasteiger partial charge in [-0.1, -0.05) is 5.16 Å². The van der Waals surface area contributed by atoms with Crippen LogP contribution in [0.25, 0.3) is 0 Å². The van der Waals surface area contributed by atoms with Gasteiger partial charge < -0.3 is 15.9 Å². The van der Waals surface area contributed by atoms with Gasteiger partial charge in [0.05, 0.1) is 11.8 Å². The van der Waals surface area contributed by atoms with Gasteiger partial charge in [-0.3, -0.25) is 4.79 Å². The van der Waals surface area contributed by atoms with Crippen LogP contribution in [0.4, 0.5) is 0 Å². The number of nitrogens with zero attached hydrogens (tertiary/aromatic N) is 4. The highest BCUT2D eigenvalue weighted by Gasteiger charge is 2.11. The van der Waals surface area contributed by atoms with Crippen LogP contribution < -0.4 is 11.3 Å². The van der Waals surface area contributed by atoms with E-state index >= 15 is 0 Å². The Morgan fingerprint density at radius 3 is 3.00 bits per heavy atom. The van der Waals surface area contributed by atoms with E-state index in [1.54, 1.807) is 6.07 Å². The smallest absolute Gasteiger partial charge is 0.251 e. The van der Waals surface area contributed by atoms with Gasteiger partial charge in [0.1, 0.15) is 5.03 Å². The summed E-state index contributed by atoms with van der Waals surface area (Å²) in [7, 11) is 0. The van der Waals surface area contributed by atoms with Crippen molar-refractivity contribution in [2.24, 2.45) is 10.9 Å². The van der Waals surface area contributed by atoms with Gasteiger partial charge in [-0.15, -0.1) is 5.10 Å². The first kappa shape index (κ1) is 12.0. The first-order chi connectivity index (χ1) is 8.70. The zero-order chi connectivity index (χ0) is 13.0. The molecule has 0 amide bonds. The summed E-state index contributed by atoms with van der Waals surface area (Å²) in [6, 6.07) is 2.84. The quantitative estimate of drug-likeness (QED) is 0.230. The van der Waals surface area contributed by atoms with Gasteiger partial charge in [-0.2, -0.15) is 5.10 Å². The van der Waals surface area contributed by atoms with Crippen LogP contribution in [-0.4, -0.2) is 31.2 Å². The van der Waals surface area contributed by atoms with Crippen molar-refractivity contribution in [3.63, 3.8) is 0 Å². The molecule has 2 rings (SSSR count). The molecule has 0 aliphatic carbocycles. The fourth-order valence-corrected chi connectivity index (χ4v) is 1.96. The van der Waals surface area contributed by atoms with Crippen molar-refractivity contribution >= 4 is 17.6 Å². The highest BCUT2D eigenvalue weighted by molar-refractivity contribution is 7.99. The Kier molecular flexibility index (Phi) is 3.53. The minimum Gasteiger partial charge on any atom is -0.409 e.